The zero-order chi connectivity index (χ0) is 24.3. The number of carbonyl (C=O) groups is 3. The van der Waals surface area contributed by atoms with E-state index in [1.54, 1.807) is 55.6 Å². The Kier molecular flexibility index (Phi) is 8.28. The van der Waals surface area contributed by atoms with Crippen LogP contribution in [0.2, 0.25) is 0 Å². The smallest absolute Gasteiger partial charge is 0.329 e. The van der Waals surface area contributed by atoms with E-state index in [4.69, 9.17) is 9.47 Å². The molecule has 3 aromatic rings. The number of nitrogens with one attached hydrogen (secondary N) is 3. The van der Waals surface area contributed by atoms with Crippen LogP contribution in [0.15, 0.2) is 77.9 Å². The zero-order valence-corrected chi connectivity index (χ0v) is 18.1. The second-order valence-electron chi connectivity index (χ2n) is 6.77. The van der Waals surface area contributed by atoms with E-state index < -0.39 is 17.6 Å². The van der Waals surface area contributed by atoms with Gasteiger partial charge in [0.25, 0.3) is 5.91 Å². The zero-order valence-electron chi connectivity index (χ0n) is 18.1. The Balaban J connectivity index is 1.47. The van der Waals surface area contributed by atoms with Crippen LogP contribution in [0.3, 0.4) is 0 Å². The normalized spacial score (nSPS) is 10.4. The van der Waals surface area contributed by atoms with E-state index in [-0.39, 0.29) is 18.2 Å². The summed E-state index contributed by atoms with van der Waals surface area (Å²) >= 11 is 0. The minimum atomic E-state index is -1.07. The van der Waals surface area contributed by atoms with Gasteiger partial charge in [-0.1, -0.05) is 24.3 Å². The minimum Gasteiger partial charge on any atom is -0.497 e. The summed E-state index contributed by atoms with van der Waals surface area (Å²) in [6.07, 6.45) is 1.29. The molecule has 0 saturated carbocycles. The fourth-order valence-electron chi connectivity index (χ4n) is 2.66. The average Bonchev–Trinajstić information content (AvgIpc) is 2.85. The van der Waals surface area contributed by atoms with Crippen molar-refractivity contribution in [3.63, 3.8) is 0 Å². The van der Waals surface area contributed by atoms with Crippen molar-refractivity contribution in [2.45, 2.75) is 0 Å². The van der Waals surface area contributed by atoms with Gasteiger partial charge in [0.1, 0.15) is 17.3 Å². The third kappa shape index (κ3) is 7.16. The number of anilines is 2. The van der Waals surface area contributed by atoms with Crippen molar-refractivity contribution in [3.8, 4) is 11.5 Å². The first-order valence-corrected chi connectivity index (χ1v) is 10.0. The molecule has 0 aliphatic rings. The van der Waals surface area contributed by atoms with Crippen LogP contribution in [0.25, 0.3) is 0 Å². The van der Waals surface area contributed by atoms with Crippen LogP contribution in [-0.2, 0) is 14.4 Å². The first-order valence-electron chi connectivity index (χ1n) is 10.0. The third-order valence-corrected chi connectivity index (χ3v) is 4.31. The molecular formula is C24H21FN4O5. The molecule has 34 heavy (non-hydrogen) atoms. The number of hydrazone groups is 1. The molecule has 0 atom stereocenters. The number of ether oxygens (including phenoxy) is 2. The monoisotopic (exact) mass is 464 g/mol. The summed E-state index contributed by atoms with van der Waals surface area (Å²) in [6.45, 7) is -0.223. The molecule has 10 heteroatoms. The van der Waals surface area contributed by atoms with Crippen molar-refractivity contribution >= 4 is 35.3 Å². The molecule has 0 aromatic heterocycles. The van der Waals surface area contributed by atoms with Crippen LogP contribution >= 0.6 is 0 Å². The Hall–Kier alpha value is -4.73. The van der Waals surface area contributed by atoms with Gasteiger partial charge in [-0.15, -0.1) is 0 Å². The van der Waals surface area contributed by atoms with Crippen LogP contribution in [0.5, 0.6) is 11.5 Å². The van der Waals surface area contributed by atoms with Crippen molar-refractivity contribution < 1.29 is 28.2 Å². The molecule has 0 bridgehead atoms. The minimum absolute atomic E-state index is 0.118. The summed E-state index contributed by atoms with van der Waals surface area (Å²) in [6, 6.07) is 18.9. The second-order valence-corrected chi connectivity index (χ2v) is 6.77. The first kappa shape index (κ1) is 23.9. The maximum atomic E-state index is 13.6. The summed E-state index contributed by atoms with van der Waals surface area (Å²) in [4.78, 5) is 35.8. The van der Waals surface area contributed by atoms with Crippen molar-refractivity contribution in [1.82, 2.24) is 5.43 Å². The van der Waals surface area contributed by atoms with Gasteiger partial charge in [0.05, 0.1) is 19.0 Å². The fraction of sp³-hybridized carbons (Fsp3) is 0.0833. The lowest BCUT2D eigenvalue weighted by Gasteiger charge is -2.08. The van der Waals surface area contributed by atoms with E-state index in [2.05, 4.69) is 21.2 Å². The van der Waals surface area contributed by atoms with Gasteiger partial charge in [-0.05, 0) is 54.1 Å². The predicted octanol–water partition coefficient (Wildman–Crippen LogP) is 2.94. The highest BCUT2D eigenvalue weighted by Gasteiger charge is 2.14. The number of hydrogen-bond acceptors (Lipinski definition) is 6. The summed E-state index contributed by atoms with van der Waals surface area (Å²) in [7, 11) is 1.55. The van der Waals surface area contributed by atoms with Crippen molar-refractivity contribution in [1.29, 1.82) is 0 Å². The lowest BCUT2D eigenvalue weighted by atomic mass is 10.2. The molecule has 3 amide bonds. The lowest BCUT2D eigenvalue weighted by molar-refractivity contribution is -0.136. The number of benzene rings is 3. The molecule has 9 nitrogen and oxygen atoms in total. The van der Waals surface area contributed by atoms with Crippen molar-refractivity contribution in [2.24, 2.45) is 5.10 Å². The number of para-hydroxylation sites is 1. The molecule has 0 aliphatic heterocycles. The van der Waals surface area contributed by atoms with Gasteiger partial charge in [-0.25, -0.2) is 9.82 Å². The van der Waals surface area contributed by atoms with Gasteiger partial charge in [0.15, 0.2) is 6.61 Å². The molecule has 0 fully saturated rings. The standard InChI is InChI=1S/C24H21FN4O5/c1-33-18-11-9-17(10-12-18)27-22(30)15-34-19-6-4-5-16(13-19)14-26-29-24(32)23(31)28-21-8-3-2-7-20(21)25/h2-14H,15H2,1H3,(H,27,30)(H,28,31)(H,29,32)/b26-14-. The highest BCUT2D eigenvalue weighted by molar-refractivity contribution is 6.39. The molecule has 3 aromatic carbocycles. The van der Waals surface area contributed by atoms with E-state index in [9.17, 15) is 18.8 Å². The Morgan fingerprint density at radius 1 is 0.912 bits per heavy atom. The largest absolute Gasteiger partial charge is 0.497 e. The van der Waals surface area contributed by atoms with Gasteiger partial charge in [-0.2, -0.15) is 5.10 Å². The molecule has 0 saturated heterocycles. The number of carbonyl (C=O) groups excluding carboxylic acids is 3. The molecule has 3 rings (SSSR count). The third-order valence-electron chi connectivity index (χ3n) is 4.31. The molecule has 0 aliphatic carbocycles. The number of nitrogens with zero attached hydrogens (tertiary/aromatic N) is 1. The van der Waals surface area contributed by atoms with Gasteiger partial charge in [0.2, 0.25) is 0 Å². The number of halogens is 1. The van der Waals surface area contributed by atoms with E-state index in [1.807, 2.05) is 0 Å². The van der Waals surface area contributed by atoms with Gasteiger partial charge >= 0.3 is 11.8 Å². The SMILES string of the molecule is COc1ccc(NC(=O)COc2cccc(/C=N\NC(=O)C(=O)Nc3ccccc3F)c2)cc1. The van der Waals surface area contributed by atoms with E-state index in [0.717, 1.165) is 6.07 Å². The molecule has 0 unspecified atom stereocenters. The molecule has 0 radical (unpaired) electrons. The second kappa shape index (κ2) is 11.8. The highest BCUT2D eigenvalue weighted by Crippen LogP contribution is 2.16. The molecule has 0 heterocycles. The number of rotatable bonds is 8. The van der Waals surface area contributed by atoms with Crippen molar-refractivity contribution in [3.05, 3.63) is 84.2 Å². The maximum Gasteiger partial charge on any atom is 0.329 e. The summed E-state index contributed by atoms with van der Waals surface area (Å²) in [5.74, 6) is -2.07. The van der Waals surface area contributed by atoms with Crippen LogP contribution in [0.4, 0.5) is 15.8 Å². The van der Waals surface area contributed by atoms with Crippen LogP contribution in [0.1, 0.15) is 5.56 Å². The number of amides is 3. The molecule has 0 spiro atoms. The fourth-order valence-corrected chi connectivity index (χ4v) is 2.66. The Bertz CT molecular complexity index is 1200. The van der Waals surface area contributed by atoms with Gasteiger partial charge in [0, 0.05) is 5.69 Å². The Labute approximate surface area is 194 Å². The Morgan fingerprint density at radius 3 is 2.41 bits per heavy atom. The molecule has 174 valence electrons. The van der Waals surface area contributed by atoms with Crippen LogP contribution < -0.4 is 25.5 Å². The lowest BCUT2D eigenvalue weighted by Crippen LogP contribution is -2.32. The van der Waals surface area contributed by atoms with E-state index in [0.29, 0.717) is 22.7 Å². The predicted molar refractivity (Wildman–Crippen MR) is 124 cm³/mol. The van der Waals surface area contributed by atoms with E-state index >= 15 is 0 Å². The van der Waals surface area contributed by atoms with Crippen molar-refractivity contribution in [2.75, 3.05) is 24.4 Å². The highest BCUT2D eigenvalue weighted by atomic mass is 19.1. The summed E-state index contributed by atoms with van der Waals surface area (Å²) in [5, 5.41) is 8.56. The number of methoxy groups -OCH3 is 1. The van der Waals surface area contributed by atoms with Crippen LogP contribution in [0, 0.1) is 5.82 Å². The maximum absolute atomic E-state index is 13.6. The quantitative estimate of drug-likeness (QED) is 0.269. The number of hydrogen-bond donors (Lipinski definition) is 3. The van der Waals surface area contributed by atoms with Crippen LogP contribution in [-0.4, -0.2) is 37.7 Å². The average molecular weight is 464 g/mol. The summed E-state index contributed by atoms with van der Waals surface area (Å²) in [5.41, 5.74) is 3.09. The van der Waals surface area contributed by atoms with Gasteiger partial charge < -0.3 is 20.1 Å². The molecular weight excluding hydrogens is 443 g/mol. The summed E-state index contributed by atoms with van der Waals surface area (Å²) < 4.78 is 24.1. The Morgan fingerprint density at radius 2 is 1.68 bits per heavy atom. The first-order chi connectivity index (χ1) is 16.4. The molecule has 3 N–H and O–H groups in total. The van der Waals surface area contributed by atoms with E-state index in [1.165, 1.54) is 24.4 Å². The van der Waals surface area contributed by atoms with Gasteiger partial charge in [-0.3, -0.25) is 14.4 Å². The topological polar surface area (TPSA) is 118 Å².